The molecule has 1 aliphatic rings. The lowest BCUT2D eigenvalue weighted by Crippen LogP contribution is -2.52. The number of alkyl halides is 3. The number of morpholine rings is 1. The average molecular weight is 241 g/mol. The Morgan fingerprint density at radius 2 is 2.06 bits per heavy atom. The van der Waals surface area contributed by atoms with Crippen LogP contribution >= 0.6 is 0 Å². The van der Waals surface area contributed by atoms with Gasteiger partial charge in [0.2, 0.25) is 0 Å². The molecule has 92 valence electrons. The molecule has 1 heterocycles. The predicted octanol–water partition coefficient (Wildman–Crippen LogP) is -0.0509. The quantitative estimate of drug-likeness (QED) is 0.604. The van der Waals surface area contributed by atoms with Crippen molar-refractivity contribution in [2.75, 3.05) is 26.8 Å². The van der Waals surface area contributed by atoms with E-state index in [1.165, 1.54) is 0 Å². The highest BCUT2D eigenvalue weighted by molar-refractivity contribution is 5.83. The number of rotatable bonds is 1. The van der Waals surface area contributed by atoms with Gasteiger partial charge in [-0.15, -0.1) is 0 Å². The molecule has 16 heavy (non-hydrogen) atoms. The summed E-state index contributed by atoms with van der Waals surface area (Å²) in [4.78, 5) is 22.4. The maximum absolute atomic E-state index is 12.1. The van der Waals surface area contributed by atoms with Gasteiger partial charge in [-0.2, -0.15) is 13.2 Å². The zero-order valence-corrected chi connectivity index (χ0v) is 8.41. The number of amides is 1. The van der Waals surface area contributed by atoms with Crippen LogP contribution < -0.4 is 0 Å². The molecule has 0 aromatic heterocycles. The SMILES string of the molecule is COC(=O)C1CN(C(=O)C(F)(F)F)CCO1. The first-order valence-electron chi connectivity index (χ1n) is 4.41. The summed E-state index contributed by atoms with van der Waals surface area (Å²) in [6.07, 6.45) is -6.08. The molecule has 0 bridgehead atoms. The Balaban J connectivity index is 2.64. The monoisotopic (exact) mass is 241 g/mol. The topological polar surface area (TPSA) is 55.8 Å². The Kier molecular flexibility index (Phi) is 3.74. The van der Waals surface area contributed by atoms with Crippen LogP contribution in [0, 0.1) is 0 Å². The first kappa shape index (κ1) is 12.8. The summed E-state index contributed by atoms with van der Waals surface area (Å²) in [7, 11) is 1.09. The van der Waals surface area contributed by atoms with Crippen LogP contribution in [0.5, 0.6) is 0 Å². The zero-order chi connectivity index (χ0) is 12.3. The van der Waals surface area contributed by atoms with E-state index >= 15 is 0 Å². The molecule has 0 saturated carbocycles. The molecule has 1 rings (SSSR count). The molecule has 1 fully saturated rings. The second-order valence-electron chi connectivity index (χ2n) is 3.13. The largest absolute Gasteiger partial charge is 0.471 e. The van der Waals surface area contributed by atoms with Gasteiger partial charge in [0.05, 0.1) is 20.3 Å². The van der Waals surface area contributed by atoms with Gasteiger partial charge >= 0.3 is 18.1 Å². The third kappa shape index (κ3) is 2.84. The minimum atomic E-state index is -4.93. The van der Waals surface area contributed by atoms with Crippen molar-refractivity contribution in [2.24, 2.45) is 0 Å². The molecule has 0 N–H and O–H groups in total. The summed E-state index contributed by atoms with van der Waals surface area (Å²) in [6, 6.07) is 0. The van der Waals surface area contributed by atoms with Crippen molar-refractivity contribution in [1.29, 1.82) is 0 Å². The van der Waals surface area contributed by atoms with Crippen LogP contribution in [0.1, 0.15) is 0 Å². The highest BCUT2D eigenvalue weighted by Crippen LogP contribution is 2.20. The van der Waals surface area contributed by atoms with Gasteiger partial charge in [-0.05, 0) is 0 Å². The van der Waals surface area contributed by atoms with Crippen LogP contribution in [0.2, 0.25) is 0 Å². The predicted molar refractivity (Wildman–Crippen MR) is 44.4 cm³/mol. The summed E-state index contributed by atoms with van der Waals surface area (Å²) in [5, 5.41) is 0. The Morgan fingerprint density at radius 1 is 1.44 bits per heavy atom. The second-order valence-corrected chi connectivity index (χ2v) is 3.13. The number of nitrogens with zero attached hydrogens (tertiary/aromatic N) is 1. The highest BCUT2D eigenvalue weighted by Gasteiger charge is 2.44. The Morgan fingerprint density at radius 3 is 2.56 bits per heavy atom. The third-order valence-electron chi connectivity index (χ3n) is 2.06. The van der Waals surface area contributed by atoms with Gasteiger partial charge in [0.25, 0.3) is 0 Å². The normalized spacial score (nSPS) is 21.8. The van der Waals surface area contributed by atoms with E-state index in [4.69, 9.17) is 4.74 Å². The molecule has 5 nitrogen and oxygen atoms in total. The van der Waals surface area contributed by atoms with E-state index in [9.17, 15) is 22.8 Å². The molecule has 0 aliphatic carbocycles. The lowest BCUT2D eigenvalue weighted by molar-refractivity contribution is -0.193. The van der Waals surface area contributed by atoms with E-state index in [1.54, 1.807) is 0 Å². The fourth-order valence-electron chi connectivity index (χ4n) is 1.29. The molecule has 0 radical (unpaired) electrons. The fourth-order valence-corrected chi connectivity index (χ4v) is 1.29. The van der Waals surface area contributed by atoms with Gasteiger partial charge in [-0.1, -0.05) is 0 Å². The number of carbonyl (C=O) groups is 2. The molecular weight excluding hydrogens is 231 g/mol. The number of esters is 1. The molecule has 1 saturated heterocycles. The molecule has 1 amide bonds. The molecule has 0 spiro atoms. The summed E-state index contributed by atoms with van der Waals surface area (Å²) in [6.45, 7) is -0.752. The van der Waals surface area contributed by atoms with E-state index < -0.39 is 30.7 Å². The van der Waals surface area contributed by atoms with Gasteiger partial charge in [0.15, 0.2) is 6.10 Å². The van der Waals surface area contributed by atoms with E-state index in [0.717, 1.165) is 7.11 Å². The number of hydrogen-bond donors (Lipinski definition) is 0. The van der Waals surface area contributed by atoms with Crippen molar-refractivity contribution < 1.29 is 32.2 Å². The number of methoxy groups -OCH3 is 1. The van der Waals surface area contributed by atoms with Gasteiger partial charge in [-0.25, -0.2) is 4.79 Å². The maximum Gasteiger partial charge on any atom is 0.471 e. The molecular formula is C8H10F3NO4. The highest BCUT2D eigenvalue weighted by atomic mass is 19.4. The van der Waals surface area contributed by atoms with E-state index in [-0.39, 0.29) is 13.2 Å². The van der Waals surface area contributed by atoms with Gasteiger partial charge in [0.1, 0.15) is 0 Å². The van der Waals surface area contributed by atoms with E-state index in [1.807, 2.05) is 0 Å². The van der Waals surface area contributed by atoms with Crippen LogP contribution in [0.25, 0.3) is 0 Å². The molecule has 0 aromatic carbocycles. The van der Waals surface area contributed by atoms with Crippen LogP contribution in [0.3, 0.4) is 0 Å². The van der Waals surface area contributed by atoms with E-state index in [0.29, 0.717) is 4.90 Å². The first-order chi connectivity index (χ1) is 7.36. The number of hydrogen-bond acceptors (Lipinski definition) is 4. The van der Waals surface area contributed by atoms with Crippen LogP contribution in [-0.4, -0.2) is 55.9 Å². The Hall–Kier alpha value is -1.31. The van der Waals surface area contributed by atoms with Crippen molar-refractivity contribution >= 4 is 11.9 Å². The van der Waals surface area contributed by atoms with Crippen molar-refractivity contribution in [2.45, 2.75) is 12.3 Å². The third-order valence-corrected chi connectivity index (χ3v) is 2.06. The van der Waals surface area contributed by atoms with Crippen molar-refractivity contribution in [1.82, 2.24) is 4.90 Å². The van der Waals surface area contributed by atoms with Crippen LogP contribution in [0.4, 0.5) is 13.2 Å². The molecule has 1 unspecified atom stereocenters. The lowest BCUT2D eigenvalue weighted by Gasteiger charge is -2.31. The zero-order valence-electron chi connectivity index (χ0n) is 8.41. The fraction of sp³-hybridized carbons (Fsp3) is 0.750. The summed E-state index contributed by atoms with van der Waals surface area (Å²) < 4.78 is 45.5. The van der Waals surface area contributed by atoms with Crippen molar-refractivity contribution in [3.05, 3.63) is 0 Å². The van der Waals surface area contributed by atoms with E-state index in [2.05, 4.69) is 4.74 Å². The number of carbonyl (C=O) groups excluding carboxylic acids is 2. The van der Waals surface area contributed by atoms with Gasteiger partial charge in [-0.3, -0.25) is 4.79 Å². The Labute approximate surface area is 89.1 Å². The molecule has 0 aromatic rings. The summed E-state index contributed by atoms with van der Waals surface area (Å²) in [5.74, 6) is -2.76. The van der Waals surface area contributed by atoms with Crippen LogP contribution in [-0.2, 0) is 19.1 Å². The lowest BCUT2D eigenvalue weighted by atomic mass is 10.2. The Bertz CT molecular complexity index is 291. The average Bonchev–Trinajstić information content (AvgIpc) is 2.26. The van der Waals surface area contributed by atoms with Crippen molar-refractivity contribution in [3.63, 3.8) is 0 Å². The molecule has 8 heteroatoms. The molecule has 1 aliphatic heterocycles. The second kappa shape index (κ2) is 4.69. The van der Waals surface area contributed by atoms with Crippen LogP contribution in [0.15, 0.2) is 0 Å². The number of halogens is 3. The van der Waals surface area contributed by atoms with Gasteiger partial charge in [0, 0.05) is 6.54 Å². The summed E-state index contributed by atoms with van der Waals surface area (Å²) in [5.41, 5.74) is 0. The van der Waals surface area contributed by atoms with Crippen molar-refractivity contribution in [3.8, 4) is 0 Å². The maximum atomic E-state index is 12.1. The minimum absolute atomic E-state index is 0.123. The molecule has 1 atom stereocenters. The minimum Gasteiger partial charge on any atom is -0.467 e. The summed E-state index contributed by atoms with van der Waals surface area (Å²) >= 11 is 0. The van der Waals surface area contributed by atoms with Gasteiger partial charge < -0.3 is 14.4 Å². The standard InChI is InChI=1S/C8H10F3NO4/c1-15-6(13)5-4-12(2-3-16-5)7(14)8(9,10)11/h5H,2-4H2,1H3. The number of ether oxygens (including phenoxy) is 2. The smallest absolute Gasteiger partial charge is 0.467 e. The first-order valence-corrected chi connectivity index (χ1v) is 4.41.